The molecule has 2 aromatic carbocycles. The molecular formula is C21H15ClN2O5S2. The summed E-state index contributed by atoms with van der Waals surface area (Å²) in [5, 5.41) is 3.04. The Morgan fingerprint density at radius 2 is 1.84 bits per heavy atom. The maximum Gasteiger partial charge on any atom is 0.333 e. The molecule has 2 N–H and O–H groups in total. The van der Waals surface area contributed by atoms with E-state index in [1.54, 1.807) is 43.3 Å². The number of benzene rings is 2. The summed E-state index contributed by atoms with van der Waals surface area (Å²) >= 11 is 7.39. The van der Waals surface area contributed by atoms with E-state index in [1.807, 2.05) is 4.72 Å². The van der Waals surface area contributed by atoms with Crippen molar-refractivity contribution in [1.82, 2.24) is 4.72 Å². The molecule has 2 aromatic heterocycles. The molecule has 4 rings (SSSR count). The molecule has 0 fully saturated rings. The third-order valence-corrected chi connectivity index (χ3v) is 7.54. The fourth-order valence-corrected chi connectivity index (χ4v) is 5.43. The summed E-state index contributed by atoms with van der Waals surface area (Å²) in [6.07, 6.45) is 1.33. The van der Waals surface area contributed by atoms with Gasteiger partial charge < -0.3 is 9.73 Å². The number of aryl methyl sites for hydroxylation is 1. The molecule has 0 spiro atoms. The molecule has 7 nitrogen and oxygen atoms in total. The summed E-state index contributed by atoms with van der Waals surface area (Å²) in [5.41, 5.74) is 1.18. The largest absolute Gasteiger partial charge is 0.463 e. The van der Waals surface area contributed by atoms with E-state index in [1.165, 1.54) is 24.5 Å². The van der Waals surface area contributed by atoms with E-state index in [0.29, 0.717) is 16.5 Å². The predicted molar refractivity (Wildman–Crippen MR) is 121 cm³/mol. The lowest BCUT2D eigenvalue weighted by atomic mass is 10.1. The third kappa shape index (κ3) is 4.34. The highest BCUT2D eigenvalue weighted by atomic mass is 35.5. The highest BCUT2D eigenvalue weighted by Gasteiger charge is 2.20. The van der Waals surface area contributed by atoms with Crippen molar-refractivity contribution in [2.24, 2.45) is 0 Å². The highest BCUT2D eigenvalue weighted by molar-refractivity contribution is 7.92. The Balaban J connectivity index is 1.56. The molecule has 0 aliphatic rings. The molecule has 0 saturated carbocycles. The summed E-state index contributed by atoms with van der Waals surface area (Å²) in [5.74, 6) is 0. The molecule has 31 heavy (non-hydrogen) atoms. The van der Waals surface area contributed by atoms with E-state index in [0.717, 1.165) is 16.2 Å². The maximum atomic E-state index is 12.8. The number of hydrogen-bond donors (Lipinski definition) is 2. The minimum absolute atomic E-state index is 0.0385. The number of amides is 2. The zero-order valence-corrected chi connectivity index (χ0v) is 18.4. The van der Waals surface area contributed by atoms with Gasteiger partial charge in [0.25, 0.3) is 10.0 Å². The molecule has 10 heteroatoms. The average molecular weight is 475 g/mol. The molecule has 4 aromatic rings. The second-order valence-electron chi connectivity index (χ2n) is 6.59. The van der Waals surface area contributed by atoms with Gasteiger partial charge in [-0.05, 0) is 43.3 Å². The Morgan fingerprint density at radius 3 is 2.55 bits per heavy atom. The Hall–Kier alpha value is -3.14. The molecule has 2 amide bonds. The van der Waals surface area contributed by atoms with Crippen molar-refractivity contribution < 1.29 is 17.6 Å². The van der Waals surface area contributed by atoms with Crippen LogP contribution in [0.2, 0.25) is 5.02 Å². The van der Waals surface area contributed by atoms with Gasteiger partial charge >= 0.3 is 6.03 Å². The first-order valence-electron chi connectivity index (χ1n) is 8.95. The third-order valence-electron chi connectivity index (χ3n) is 4.40. The SMILES string of the molecule is Cc1ccc(S(=O)(=O)NC(=O)Nc2ccc(-c3coc4ccccc4c3=O)c(Cl)c2)s1. The molecule has 0 unspecified atom stereocenters. The number of fused-ring (bicyclic) bond motifs is 1. The van der Waals surface area contributed by atoms with Gasteiger partial charge in [0.1, 0.15) is 16.1 Å². The number of nitrogens with one attached hydrogen (secondary N) is 2. The molecule has 0 radical (unpaired) electrons. The number of para-hydroxylation sites is 1. The van der Waals surface area contributed by atoms with Crippen LogP contribution in [0.1, 0.15) is 4.88 Å². The summed E-state index contributed by atoms with van der Waals surface area (Å²) in [6.45, 7) is 1.77. The van der Waals surface area contributed by atoms with Crippen LogP contribution < -0.4 is 15.5 Å². The molecule has 0 bridgehead atoms. The Kier molecular flexibility index (Phi) is 5.57. The number of urea groups is 1. The lowest BCUT2D eigenvalue weighted by molar-refractivity contribution is 0.256. The normalized spacial score (nSPS) is 11.4. The first-order valence-corrected chi connectivity index (χ1v) is 11.6. The van der Waals surface area contributed by atoms with Crippen LogP contribution >= 0.6 is 22.9 Å². The molecule has 158 valence electrons. The van der Waals surface area contributed by atoms with Gasteiger partial charge in [0.15, 0.2) is 0 Å². The topological polar surface area (TPSA) is 105 Å². The van der Waals surface area contributed by atoms with E-state index in [-0.39, 0.29) is 25.9 Å². The van der Waals surface area contributed by atoms with Gasteiger partial charge in [0, 0.05) is 16.1 Å². The maximum absolute atomic E-state index is 12.8. The first kappa shape index (κ1) is 21.1. The van der Waals surface area contributed by atoms with E-state index in [4.69, 9.17) is 16.0 Å². The van der Waals surface area contributed by atoms with Crippen LogP contribution in [-0.4, -0.2) is 14.4 Å². The van der Waals surface area contributed by atoms with Gasteiger partial charge in [0.2, 0.25) is 5.43 Å². The van der Waals surface area contributed by atoms with Crippen molar-refractivity contribution in [1.29, 1.82) is 0 Å². The number of sulfonamides is 1. The van der Waals surface area contributed by atoms with Gasteiger partial charge in [0.05, 0.1) is 16.0 Å². The van der Waals surface area contributed by atoms with Crippen molar-refractivity contribution in [2.75, 3.05) is 5.32 Å². The molecule has 0 aliphatic carbocycles. The van der Waals surface area contributed by atoms with Crippen LogP contribution in [0.3, 0.4) is 0 Å². The molecule has 2 heterocycles. The van der Waals surface area contributed by atoms with Gasteiger partial charge in [-0.25, -0.2) is 17.9 Å². The Bertz CT molecular complexity index is 1470. The summed E-state index contributed by atoms with van der Waals surface area (Å²) < 4.78 is 32.0. The smallest absolute Gasteiger partial charge is 0.333 e. The van der Waals surface area contributed by atoms with Crippen LogP contribution in [0.5, 0.6) is 0 Å². The van der Waals surface area contributed by atoms with Crippen molar-refractivity contribution in [3.8, 4) is 11.1 Å². The zero-order chi connectivity index (χ0) is 22.2. The lowest BCUT2D eigenvalue weighted by Gasteiger charge is -2.10. The van der Waals surface area contributed by atoms with Crippen molar-refractivity contribution in [2.45, 2.75) is 11.1 Å². The standard InChI is InChI=1S/C21H15ClN2O5S2/c1-12-6-9-19(30-12)31(27,28)24-21(26)23-13-7-8-14(17(22)10-13)16-11-29-18-5-3-2-4-15(18)20(16)25/h2-11H,1H3,(H2,23,24,26). The number of halogens is 1. The second-order valence-corrected chi connectivity index (χ2v) is 10.2. The van der Waals surface area contributed by atoms with E-state index >= 15 is 0 Å². The van der Waals surface area contributed by atoms with Crippen molar-refractivity contribution in [3.05, 3.63) is 81.0 Å². The van der Waals surface area contributed by atoms with Crippen LogP contribution in [0.15, 0.2) is 74.3 Å². The minimum atomic E-state index is -3.98. The predicted octanol–water partition coefficient (Wildman–Crippen LogP) is 4.99. The minimum Gasteiger partial charge on any atom is -0.463 e. The van der Waals surface area contributed by atoms with Crippen LogP contribution in [0, 0.1) is 6.92 Å². The lowest BCUT2D eigenvalue weighted by Crippen LogP contribution is -2.33. The second kappa shape index (κ2) is 8.18. The fourth-order valence-electron chi connectivity index (χ4n) is 2.96. The summed E-state index contributed by atoms with van der Waals surface area (Å²) in [6, 6.07) is 13.5. The molecule has 0 aliphatic heterocycles. The van der Waals surface area contributed by atoms with Crippen molar-refractivity contribution in [3.63, 3.8) is 0 Å². The quantitative estimate of drug-likeness (QED) is 0.433. The number of anilines is 1. The monoisotopic (exact) mass is 474 g/mol. The Morgan fingerprint density at radius 1 is 1.06 bits per heavy atom. The molecule has 0 atom stereocenters. The number of hydrogen-bond acceptors (Lipinski definition) is 6. The Labute approximate surface area is 186 Å². The van der Waals surface area contributed by atoms with Gasteiger partial charge in [-0.15, -0.1) is 11.3 Å². The van der Waals surface area contributed by atoms with Crippen LogP contribution in [-0.2, 0) is 10.0 Å². The van der Waals surface area contributed by atoms with Gasteiger partial charge in [-0.2, -0.15) is 0 Å². The number of thiophene rings is 1. The van der Waals surface area contributed by atoms with Crippen LogP contribution in [0.25, 0.3) is 22.1 Å². The van der Waals surface area contributed by atoms with E-state index < -0.39 is 16.1 Å². The number of rotatable bonds is 4. The first-order chi connectivity index (χ1) is 14.7. The van der Waals surface area contributed by atoms with Gasteiger partial charge in [-0.3, -0.25) is 4.79 Å². The molecular weight excluding hydrogens is 460 g/mol. The number of carbonyl (C=O) groups excluding carboxylic acids is 1. The number of carbonyl (C=O) groups is 1. The van der Waals surface area contributed by atoms with E-state index in [2.05, 4.69) is 5.32 Å². The van der Waals surface area contributed by atoms with E-state index in [9.17, 15) is 18.0 Å². The zero-order valence-electron chi connectivity index (χ0n) is 16.0. The van der Waals surface area contributed by atoms with Crippen LogP contribution in [0.4, 0.5) is 10.5 Å². The fraction of sp³-hybridized carbons (Fsp3) is 0.0476. The molecule has 0 saturated heterocycles. The van der Waals surface area contributed by atoms with Crippen molar-refractivity contribution >= 4 is 55.6 Å². The van der Waals surface area contributed by atoms with Gasteiger partial charge in [-0.1, -0.05) is 29.8 Å². The summed E-state index contributed by atoms with van der Waals surface area (Å²) in [4.78, 5) is 25.7. The average Bonchev–Trinajstić information content (AvgIpc) is 3.16. The highest BCUT2D eigenvalue weighted by Crippen LogP contribution is 2.30. The summed E-state index contributed by atoms with van der Waals surface area (Å²) in [7, 11) is -3.98.